The molecule has 2 aromatic heterocycles. The fraction of sp³-hybridized carbons (Fsp3) is 0.455. The Hall–Kier alpha value is -1.69. The van der Waals surface area contributed by atoms with Gasteiger partial charge in [-0.2, -0.15) is 14.6 Å². The molecule has 17 heavy (non-hydrogen) atoms. The lowest BCUT2D eigenvalue weighted by Gasteiger charge is -2.00. The average Bonchev–Trinajstić information content (AvgIpc) is 2.90. The number of aryl methyl sites for hydroxylation is 2. The maximum atomic E-state index is 13.4. The summed E-state index contributed by atoms with van der Waals surface area (Å²) in [4.78, 5) is 0. The molecule has 2 aromatic rings. The van der Waals surface area contributed by atoms with Crippen molar-refractivity contribution in [2.45, 2.75) is 26.6 Å². The van der Waals surface area contributed by atoms with E-state index >= 15 is 0 Å². The zero-order valence-corrected chi connectivity index (χ0v) is 10.0. The molecule has 0 fully saturated rings. The molecule has 0 saturated heterocycles. The van der Waals surface area contributed by atoms with Gasteiger partial charge < -0.3 is 5.32 Å². The Morgan fingerprint density at radius 1 is 1.29 bits per heavy atom. The van der Waals surface area contributed by atoms with E-state index in [0.717, 1.165) is 12.1 Å². The second-order valence-corrected chi connectivity index (χ2v) is 3.89. The van der Waals surface area contributed by atoms with Gasteiger partial charge in [0.05, 0.1) is 12.4 Å². The maximum absolute atomic E-state index is 13.4. The summed E-state index contributed by atoms with van der Waals surface area (Å²) in [5.41, 5.74) is 1.67. The first-order valence-electron chi connectivity index (χ1n) is 5.59. The Morgan fingerprint density at radius 3 is 2.71 bits per heavy atom. The minimum atomic E-state index is -0.290. The summed E-state index contributed by atoms with van der Waals surface area (Å²) in [7, 11) is 1.59. The van der Waals surface area contributed by atoms with Gasteiger partial charge in [0.25, 0.3) is 0 Å². The van der Waals surface area contributed by atoms with Crippen LogP contribution in [0.25, 0.3) is 0 Å². The number of nitrogens with one attached hydrogen (secondary N) is 1. The second kappa shape index (κ2) is 5.09. The minimum absolute atomic E-state index is 0.290. The summed E-state index contributed by atoms with van der Waals surface area (Å²) >= 11 is 0. The number of nitrogens with zero attached hydrogens (tertiary/aromatic N) is 4. The molecule has 0 saturated carbocycles. The van der Waals surface area contributed by atoms with Crippen molar-refractivity contribution < 1.29 is 4.39 Å². The van der Waals surface area contributed by atoms with Gasteiger partial charge >= 0.3 is 0 Å². The second-order valence-electron chi connectivity index (χ2n) is 3.89. The van der Waals surface area contributed by atoms with Crippen molar-refractivity contribution in [3.8, 4) is 0 Å². The lowest BCUT2D eigenvalue weighted by atomic mass is 10.3. The van der Waals surface area contributed by atoms with Crippen LogP contribution in [0.15, 0.2) is 18.6 Å². The molecular formula is C11H16FN5. The summed E-state index contributed by atoms with van der Waals surface area (Å²) in [6, 6.07) is 0. The van der Waals surface area contributed by atoms with Gasteiger partial charge in [-0.15, -0.1) is 0 Å². The van der Waals surface area contributed by atoms with Crippen molar-refractivity contribution >= 4 is 0 Å². The van der Waals surface area contributed by atoms with Gasteiger partial charge in [-0.1, -0.05) is 0 Å². The molecule has 2 heterocycles. The first kappa shape index (κ1) is 11.8. The third-order valence-electron chi connectivity index (χ3n) is 2.59. The third-order valence-corrected chi connectivity index (χ3v) is 2.59. The number of hydrogen-bond donors (Lipinski definition) is 1. The van der Waals surface area contributed by atoms with Crippen LogP contribution in [-0.2, 0) is 26.7 Å². The van der Waals surface area contributed by atoms with Crippen LogP contribution >= 0.6 is 0 Å². The van der Waals surface area contributed by atoms with E-state index in [4.69, 9.17) is 0 Å². The highest BCUT2D eigenvalue weighted by molar-refractivity contribution is 5.07. The van der Waals surface area contributed by atoms with Gasteiger partial charge in [0, 0.05) is 44.0 Å². The van der Waals surface area contributed by atoms with Gasteiger partial charge in [0.15, 0.2) is 0 Å². The van der Waals surface area contributed by atoms with Crippen molar-refractivity contribution in [1.82, 2.24) is 24.9 Å². The predicted molar refractivity (Wildman–Crippen MR) is 61.6 cm³/mol. The Morgan fingerprint density at radius 2 is 2.12 bits per heavy atom. The predicted octanol–water partition coefficient (Wildman–Crippen LogP) is 1.07. The van der Waals surface area contributed by atoms with Crippen LogP contribution in [0.1, 0.15) is 18.1 Å². The van der Waals surface area contributed by atoms with E-state index in [0.29, 0.717) is 18.7 Å². The van der Waals surface area contributed by atoms with E-state index in [1.54, 1.807) is 7.05 Å². The summed E-state index contributed by atoms with van der Waals surface area (Å²) < 4.78 is 16.5. The fourth-order valence-electron chi connectivity index (χ4n) is 1.60. The molecule has 0 aliphatic heterocycles. The molecule has 0 atom stereocenters. The maximum Gasteiger partial charge on any atom is 0.215 e. The molecule has 0 amide bonds. The average molecular weight is 237 g/mol. The van der Waals surface area contributed by atoms with Gasteiger partial charge in [-0.05, 0) is 6.92 Å². The number of aromatic nitrogens is 4. The van der Waals surface area contributed by atoms with Crippen molar-refractivity contribution in [1.29, 1.82) is 0 Å². The highest BCUT2D eigenvalue weighted by Crippen LogP contribution is 2.05. The number of hydrogen-bond acceptors (Lipinski definition) is 3. The monoisotopic (exact) mass is 237 g/mol. The van der Waals surface area contributed by atoms with Crippen molar-refractivity contribution in [2.24, 2.45) is 7.05 Å². The zero-order valence-electron chi connectivity index (χ0n) is 10.0. The SMILES string of the molecule is CCn1cc(CNCc2cnn(C)c2F)cn1. The van der Waals surface area contributed by atoms with Gasteiger partial charge in [0.2, 0.25) is 5.95 Å². The molecule has 6 heteroatoms. The Balaban J connectivity index is 1.85. The minimum Gasteiger partial charge on any atom is -0.308 e. The number of halogens is 1. The van der Waals surface area contributed by atoms with E-state index in [1.807, 2.05) is 24.0 Å². The van der Waals surface area contributed by atoms with Crippen molar-refractivity contribution in [2.75, 3.05) is 0 Å². The molecule has 0 bridgehead atoms. The standard InChI is InChI=1S/C11H16FN5/c1-3-17-8-9(5-15-17)4-13-6-10-7-14-16(2)11(10)12/h5,7-8,13H,3-4,6H2,1-2H3. The molecule has 0 spiro atoms. The summed E-state index contributed by atoms with van der Waals surface area (Å²) in [6.45, 7) is 4.04. The van der Waals surface area contributed by atoms with Crippen LogP contribution in [0.3, 0.4) is 0 Å². The topological polar surface area (TPSA) is 47.7 Å². The van der Waals surface area contributed by atoms with Crippen LogP contribution in [0.4, 0.5) is 4.39 Å². The molecule has 2 rings (SSSR count). The van der Waals surface area contributed by atoms with Crippen LogP contribution < -0.4 is 5.32 Å². The summed E-state index contributed by atoms with van der Waals surface area (Å²) in [6.07, 6.45) is 5.33. The summed E-state index contributed by atoms with van der Waals surface area (Å²) in [5.74, 6) is -0.290. The van der Waals surface area contributed by atoms with Crippen LogP contribution in [0.5, 0.6) is 0 Å². The highest BCUT2D eigenvalue weighted by atomic mass is 19.1. The lowest BCUT2D eigenvalue weighted by molar-refractivity contribution is 0.489. The number of rotatable bonds is 5. The van der Waals surface area contributed by atoms with Crippen molar-refractivity contribution in [3.63, 3.8) is 0 Å². The van der Waals surface area contributed by atoms with Gasteiger partial charge in [0.1, 0.15) is 0 Å². The Bertz CT molecular complexity index is 488. The van der Waals surface area contributed by atoms with Crippen LogP contribution in [0.2, 0.25) is 0 Å². The van der Waals surface area contributed by atoms with Crippen LogP contribution in [-0.4, -0.2) is 19.6 Å². The van der Waals surface area contributed by atoms with E-state index in [9.17, 15) is 4.39 Å². The molecule has 0 aromatic carbocycles. The van der Waals surface area contributed by atoms with Gasteiger partial charge in [-0.25, -0.2) is 4.68 Å². The van der Waals surface area contributed by atoms with E-state index < -0.39 is 0 Å². The molecule has 5 nitrogen and oxygen atoms in total. The molecule has 0 radical (unpaired) electrons. The van der Waals surface area contributed by atoms with E-state index in [-0.39, 0.29) is 5.95 Å². The fourth-order valence-corrected chi connectivity index (χ4v) is 1.60. The molecule has 0 aliphatic rings. The first-order chi connectivity index (χ1) is 8.20. The van der Waals surface area contributed by atoms with E-state index in [2.05, 4.69) is 15.5 Å². The molecule has 92 valence electrons. The quantitative estimate of drug-likeness (QED) is 0.846. The first-order valence-corrected chi connectivity index (χ1v) is 5.59. The van der Waals surface area contributed by atoms with Gasteiger partial charge in [-0.3, -0.25) is 4.68 Å². The Labute approximate surface area is 99.2 Å². The normalized spacial score (nSPS) is 11.0. The molecular weight excluding hydrogens is 221 g/mol. The molecule has 0 unspecified atom stereocenters. The smallest absolute Gasteiger partial charge is 0.215 e. The zero-order chi connectivity index (χ0) is 12.3. The van der Waals surface area contributed by atoms with Crippen molar-refractivity contribution in [3.05, 3.63) is 35.7 Å². The third kappa shape index (κ3) is 2.71. The highest BCUT2D eigenvalue weighted by Gasteiger charge is 2.06. The Kier molecular flexibility index (Phi) is 3.53. The molecule has 0 aliphatic carbocycles. The lowest BCUT2D eigenvalue weighted by Crippen LogP contribution is -2.13. The van der Waals surface area contributed by atoms with Crippen LogP contribution in [0, 0.1) is 5.95 Å². The largest absolute Gasteiger partial charge is 0.308 e. The van der Waals surface area contributed by atoms with E-state index in [1.165, 1.54) is 10.9 Å². The summed E-state index contributed by atoms with van der Waals surface area (Å²) in [5, 5.41) is 11.2. The molecule has 1 N–H and O–H groups in total.